The molecule has 0 bridgehead atoms. The zero-order chi connectivity index (χ0) is 79.8. The monoisotopic (exact) mass is 1500 g/mol. The standard InChI is InChI=1S/C47H62N2O5.C27H34N2O4.C20H30O2.CH4/c1-5-7-9-10-11-12-13-14-15-16-17-18-19-20-21-22-23-29-46(51)53-34-35-54-47(52)36-44(39(3)4)49(45(50)28-8-6-2)38-40-30-32-41(33-31-40)43-27-25-24-26-42(43)37-48;1-4-5-10-26(31)29(25(20(2)3)17-27(32)33-16-15-30)19-21-11-13-22(14-12-21)24-9-7-6-8-23(24)18-28;1-2-3-4-5-6-7-8-9-10-11-12-13-14-15-16-17-18-19-20(21)22;/h7,9,11-12,14-15,17-18,20-21,24-27,30-33,39,44H,5-6,8,10,13,16,19,22-23,28-29,34-36,38H2,1-4H3;6-9,11-14,20,25,30H,4-5,10,15-17,19H2,1-3H3;3-4,6-7,9-10,12-13,15-16H,2,5,8,11,14,17-19H2,1H3,(H,21,22);1H4/b9-7-,12-11-,15-14-,18-17-,21-20-;;4-3-,7-6-,10-9-,13-12-,16-15-;/t44-;25-;;/m11../s1. The third-order valence-corrected chi connectivity index (χ3v) is 17.3. The van der Waals surface area contributed by atoms with E-state index in [1.54, 1.807) is 21.9 Å². The molecule has 0 aliphatic heterocycles. The molecular formula is C95H130N4O11. The number of benzene rings is 4. The molecule has 0 aliphatic rings. The molecule has 4 rings (SSSR count). The highest BCUT2D eigenvalue weighted by Gasteiger charge is 2.31. The molecule has 0 unspecified atom stereocenters. The van der Waals surface area contributed by atoms with E-state index in [1.807, 2.05) is 126 Å². The Balaban J connectivity index is 0.000000914. The first-order valence-electron chi connectivity index (χ1n) is 39.5. The van der Waals surface area contributed by atoms with Gasteiger partial charge in [0, 0.05) is 50.9 Å². The number of unbranched alkanes of at least 4 members (excludes halogenated alkanes) is 4. The van der Waals surface area contributed by atoms with Crippen molar-refractivity contribution < 1.29 is 53.2 Å². The summed E-state index contributed by atoms with van der Waals surface area (Å²) in [6.07, 6.45) is 61.0. The van der Waals surface area contributed by atoms with Gasteiger partial charge in [-0.3, -0.25) is 28.8 Å². The first-order chi connectivity index (χ1) is 53.0. The number of allylic oxidation sites excluding steroid dienone is 20. The molecule has 0 fully saturated rings. The van der Waals surface area contributed by atoms with Crippen LogP contribution in [0.3, 0.4) is 0 Å². The van der Waals surface area contributed by atoms with Gasteiger partial charge in [0.1, 0.15) is 19.8 Å². The quantitative estimate of drug-likeness (QED) is 0.0182. The van der Waals surface area contributed by atoms with Gasteiger partial charge in [0.25, 0.3) is 0 Å². The van der Waals surface area contributed by atoms with Gasteiger partial charge >= 0.3 is 23.9 Å². The van der Waals surface area contributed by atoms with E-state index in [0.29, 0.717) is 49.9 Å². The molecule has 15 nitrogen and oxygen atoms in total. The minimum absolute atomic E-state index is 0. The first kappa shape index (κ1) is 98.0. The van der Waals surface area contributed by atoms with E-state index in [1.165, 1.54) is 0 Å². The fraction of sp³-hybridized carbons (Fsp3) is 0.453. The lowest BCUT2D eigenvalue weighted by Crippen LogP contribution is -2.44. The van der Waals surface area contributed by atoms with Crippen LogP contribution in [-0.4, -0.2) is 94.2 Å². The number of nitriles is 2. The summed E-state index contributed by atoms with van der Waals surface area (Å²) in [5, 5.41) is 36.3. The molecule has 0 aromatic heterocycles. The smallest absolute Gasteiger partial charge is 0.308 e. The predicted molar refractivity (Wildman–Crippen MR) is 451 cm³/mol. The maximum absolute atomic E-state index is 13.5. The molecule has 0 spiro atoms. The molecular weight excluding hydrogens is 1370 g/mol. The summed E-state index contributed by atoms with van der Waals surface area (Å²) in [6.45, 7) is 16.8. The van der Waals surface area contributed by atoms with Crippen molar-refractivity contribution in [2.24, 2.45) is 11.8 Å². The Bertz CT molecular complexity index is 3610. The van der Waals surface area contributed by atoms with Crippen molar-refractivity contribution in [1.29, 1.82) is 10.5 Å². The summed E-state index contributed by atoms with van der Waals surface area (Å²) in [4.78, 5) is 77.9. The first-order valence-corrected chi connectivity index (χ1v) is 39.5. The van der Waals surface area contributed by atoms with E-state index in [9.17, 15) is 39.3 Å². The van der Waals surface area contributed by atoms with Gasteiger partial charge in [-0.05, 0) is 160 Å². The minimum atomic E-state index is -0.715. The van der Waals surface area contributed by atoms with Crippen LogP contribution in [0, 0.1) is 34.5 Å². The van der Waals surface area contributed by atoms with Crippen molar-refractivity contribution >= 4 is 35.7 Å². The summed E-state index contributed by atoms with van der Waals surface area (Å²) in [7, 11) is 0. The fourth-order valence-electron chi connectivity index (χ4n) is 11.2. The molecule has 110 heavy (non-hydrogen) atoms. The summed E-state index contributed by atoms with van der Waals surface area (Å²) in [5.41, 5.74) is 6.70. The maximum Gasteiger partial charge on any atom is 0.308 e. The van der Waals surface area contributed by atoms with Gasteiger partial charge in [0.15, 0.2) is 0 Å². The molecule has 0 saturated carbocycles. The highest BCUT2D eigenvalue weighted by atomic mass is 16.6. The molecule has 0 saturated heterocycles. The molecule has 0 radical (unpaired) electrons. The second kappa shape index (κ2) is 65.0. The van der Waals surface area contributed by atoms with Crippen molar-refractivity contribution in [3.63, 3.8) is 0 Å². The Hall–Kier alpha value is -9.96. The SMILES string of the molecule is C.CC/C=C\C/C=C\C/C=C\C/C=C\C/C=C\CCCC(=O)O.CC/C=C\C/C=C\C/C=C\C/C=C\C/C=C\CCCC(=O)OCCOC(=O)C[C@H](C(C)C)N(Cc1ccc(-c2ccccc2C#N)cc1)C(=O)CCCC.CCCCC(=O)N(Cc1ccc(-c2ccccc2C#N)cc1)[C@H](CC(=O)OCCO)C(C)C. The second-order valence-electron chi connectivity index (χ2n) is 27.0. The number of carboxylic acids is 1. The van der Waals surface area contributed by atoms with Crippen LogP contribution < -0.4 is 0 Å². The highest BCUT2D eigenvalue weighted by molar-refractivity contribution is 5.79. The van der Waals surface area contributed by atoms with Crippen molar-refractivity contribution in [3.05, 3.63) is 241 Å². The van der Waals surface area contributed by atoms with E-state index in [0.717, 1.165) is 143 Å². The number of hydrogen-bond acceptors (Lipinski definition) is 12. The van der Waals surface area contributed by atoms with E-state index in [-0.39, 0.29) is 94.8 Å². The van der Waals surface area contributed by atoms with E-state index in [2.05, 4.69) is 148 Å². The summed E-state index contributed by atoms with van der Waals surface area (Å²) in [6, 6.07) is 34.4. The van der Waals surface area contributed by atoms with Crippen LogP contribution in [0.1, 0.15) is 239 Å². The van der Waals surface area contributed by atoms with Gasteiger partial charge in [-0.25, -0.2) is 0 Å². The van der Waals surface area contributed by atoms with Crippen molar-refractivity contribution in [2.45, 2.75) is 242 Å². The van der Waals surface area contributed by atoms with Crippen molar-refractivity contribution in [2.75, 3.05) is 26.4 Å². The average Bonchev–Trinajstić information content (AvgIpc) is 0.834. The summed E-state index contributed by atoms with van der Waals surface area (Å²) < 4.78 is 15.8. The number of carboxylic acid groups (broad SMARTS) is 1. The molecule has 2 atom stereocenters. The average molecular weight is 1500 g/mol. The number of aliphatic carboxylic acids is 1. The highest BCUT2D eigenvalue weighted by Crippen LogP contribution is 2.28. The third kappa shape index (κ3) is 46.4. The number of carbonyl (C=O) groups is 6. The van der Waals surface area contributed by atoms with Crippen LogP contribution in [0.25, 0.3) is 22.3 Å². The van der Waals surface area contributed by atoms with E-state index < -0.39 is 17.9 Å². The molecule has 4 aromatic carbocycles. The zero-order valence-electron chi connectivity index (χ0n) is 66.7. The predicted octanol–water partition coefficient (Wildman–Crippen LogP) is 22.5. The summed E-state index contributed by atoms with van der Waals surface area (Å²) in [5.74, 6) is -1.80. The van der Waals surface area contributed by atoms with Crippen molar-refractivity contribution in [1.82, 2.24) is 9.80 Å². The molecule has 2 N–H and O–H groups in total. The number of hydrogen-bond donors (Lipinski definition) is 2. The molecule has 2 amide bonds. The lowest BCUT2D eigenvalue weighted by atomic mass is 9.96. The van der Waals surface area contributed by atoms with Gasteiger partial charge < -0.3 is 34.2 Å². The number of aliphatic hydroxyl groups excluding tert-OH is 1. The topological polar surface area (TPSA) is 225 Å². The Morgan fingerprint density at radius 3 is 1.05 bits per heavy atom. The van der Waals surface area contributed by atoms with Crippen molar-refractivity contribution in [3.8, 4) is 34.4 Å². The number of ether oxygens (including phenoxy) is 3. The molecule has 596 valence electrons. The van der Waals surface area contributed by atoms with Gasteiger partial charge in [0.05, 0.1) is 42.7 Å². The zero-order valence-corrected chi connectivity index (χ0v) is 66.7. The molecule has 15 heteroatoms. The normalized spacial score (nSPS) is 12.1. The minimum Gasteiger partial charge on any atom is -0.481 e. The van der Waals surface area contributed by atoms with Gasteiger partial charge in [-0.1, -0.05) is 282 Å². The Kier molecular flexibility index (Phi) is 57.9. The number of amides is 2. The number of nitrogens with zero attached hydrogens (tertiary/aromatic N) is 4. The van der Waals surface area contributed by atoms with Crippen LogP contribution >= 0.6 is 0 Å². The lowest BCUT2D eigenvalue weighted by Gasteiger charge is -2.34. The Labute approximate surface area is 661 Å². The van der Waals surface area contributed by atoms with Crippen LogP contribution in [0.5, 0.6) is 0 Å². The van der Waals surface area contributed by atoms with Gasteiger partial charge in [-0.15, -0.1) is 0 Å². The molecule has 0 heterocycles. The fourth-order valence-corrected chi connectivity index (χ4v) is 11.2. The molecule has 0 aliphatic carbocycles. The van der Waals surface area contributed by atoms with E-state index in [4.69, 9.17) is 24.4 Å². The number of carbonyl (C=O) groups excluding carboxylic acids is 5. The van der Waals surface area contributed by atoms with Gasteiger partial charge in [0.2, 0.25) is 11.8 Å². The van der Waals surface area contributed by atoms with E-state index >= 15 is 0 Å². The number of rotatable bonds is 51. The third-order valence-electron chi connectivity index (χ3n) is 17.3. The number of aliphatic hydroxyl groups is 1. The largest absolute Gasteiger partial charge is 0.481 e. The second-order valence-corrected chi connectivity index (χ2v) is 27.0. The van der Waals surface area contributed by atoms with Gasteiger partial charge in [-0.2, -0.15) is 10.5 Å². The van der Waals surface area contributed by atoms with Crippen LogP contribution in [0.15, 0.2) is 219 Å². The Morgan fingerprint density at radius 2 is 0.727 bits per heavy atom. The van der Waals surface area contributed by atoms with Crippen LogP contribution in [-0.2, 0) is 56.1 Å². The summed E-state index contributed by atoms with van der Waals surface area (Å²) >= 11 is 0. The Morgan fingerprint density at radius 1 is 0.409 bits per heavy atom. The lowest BCUT2D eigenvalue weighted by molar-refractivity contribution is -0.154. The van der Waals surface area contributed by atoms with Crippen LogP contribution in [0.4, 0.5) is 0 Å². The van der Waals surface area contributed by atoms with Crippen LogP contribution in [0.2, 0.25) is 0 Å². The maximum atomic E-state index is 13.5. The molecule has 4 aromatic rings. The number of esters is 3.